The van der Waals surface area contributed by atoms with Gasteiger partial charge in [0.2, 0.25) is 11.8 Å². The van der Waals surface area contributed by atoms with Crippen molar-refractivity contribution in [2.45, 2.75) is 31.2 Å². The third kappa shape index (κ3) is 4.31. The lowest BCUT2D eigenvalue weighted by Gasteiger charge is -2.49. The number of amides is 2. The molecule has 1 spiro atoms. The van der Waals surface area contributed by atoms with Crippen LogP contribution >= 0.6 is 0 Å². The zero-order valence-corrected chi connectivity index (χ0v) is 14.9. The molecule has 2 fully saturated rings. The second-order valence-corrected chi connectivity index (χ2v) is 6.97. The van der Waals surface area contributed by atoms with Gasteiger partial charge in [0, 0.05) is 38.1 Å². The molecule has 0 aromatic heterocycles. The molecule has 2 saturated heterocycles. The lowest BCUT2D eigenvalue weighted by atomic mass is 9.86. The van der Waals surface area contributed by atoms with Crippen molar-refractivity contribution in [3.63, 3.8) is 0 Å². The van der Waals surface area contributed by atoms with Crippen molar-refractivity contribution in [1.82, 2.24) is 15.1 Å². The third-order valence-corrected chi connectivity index (χ3v) is 5.41. The topological polar surface area (TPSA) is 61.9 Å². The Morgan fingerprint density at radius 2 is 2.04 bits per heavy atom. The fourth-order valence-electron chi connectivity index (χ4n) is 3.74. The van der Waals surface area contributed by atoms with Crippen LogP contribution in [0.2, 0.25) is 0 Å². The molecule has 0 aliphatic carbocycles. The van der Waals surface area contributed by atoms with E-state index in [0.717, 1.165) is 31.7 Å². The zero-order valence-electron chi connectivity index (χ0n) is 14.9. The largest absolute Gasteiger partial charge is 0.493 e. The predicted octanol–water partition coefficient (Wildman–Crippen LogP) is 1.27. The van der Waals surface area contributed by atoms with Gasteiger partial charge in [0.1, 0.15) is 5.75 Å². The SMILES string of the molecule is CN1CCN(C(=O)CCOc2ccccc2)C[C@@]12CCNC(=O)CC2. The van der Waals surface area contributed by atoms with E-state index in [4.69, 9.17) is 4.74 Å². The van der Waals surface area contributed by atoms with Gasteiger partial charge in [0.15, 0.2) is 0 Å². The molecule has 0 saturated carbocycles. The number of nitrogens with one attached hydrogen (secondary N) is 1. The van der Waals surface area contributed by atoms with Crippen LogP contribution in [0, 0.1) is 0 Å². The van der Waals surface area contributed by atoms with Crippen LogP contribution in [-0.2, 0) is 9.59 Å². The van der Waals surface area contributed by atoms with Gasteiger partial charge in [-0.1, -0.05) is 18.2 Å². The highest BCUT2D eigenvalue weighted by Gasteiger charge is 2.41. The van der Waals surface area contributed by atoms with E-state index in [2.05, 4.69) is 17.3 Å². The first-order chi connectivity index (χ1) is 12.1. The molecule has 2 aliphatic heterocycles. The summed E-state index contributed by atoms with van der Waals surface area (Å²) in [7, 11) is 2.11. The Bertz CT molecular complexity index is 607. The van der Waals surface area contributed by atoms with E-state index in [1.54, 1.807) is 0 Å². The maximum Gasteiger partial charge on any atom is 0.226 e. The first-order valence-corrected chi connectivity index (χ1v) is 9.03. The third-order valence-electron chi connectivity index (χ3n) is 5.41. The van der Waals surface area contributed by atoms with Crippen LogP contribution in [0.1, 0.15) is 25.7 Å². The van der Waals surface area contributed by atoms with E-state index >= 15 is 0 Å². The van der Waals surface area contributed by atoms with Crippen LogP contribution in [0.3, 0.4) is 0 Å². The molecule has 2 amide bonds. The van der Waals surface area contributed by atoms with E-state index in [0.29, 0.717) is 32.5 Å². The smallest absolute Gasteiger partial charge is 0.226 e. The Hall–Kier alpha value is -2.08. The number of ether oxygens (including phenoxy) is 1. The van der Waals surface area contributed by atoms with Gasteiger partial charge in [-0.3, -0.25) is 14.5 Å². The van der Waals surface area contributed by atoms with E-state index in [1.165, 1.54) is 0 Å². The minimum absolute atomic E-state index is 0.0899. The van der Waals surface area contributed by atoms with Crippen LogP contribution in [-0.4, -0.2) is 67.0 Å². The van der Waals surface area contributed by atoms with Crippen LogP contribution < -0.4 is 10.1 Å². The van der Waals surface area contributed by atoms with Crippen molar-refractivity contribution in [2.75, 3.05) is 39.8 Å². The Kier molecular flexibility index (Phi) is 5.58. The number of benzene rings is 1. The Balaban J connectivity index is 1.55. The molecule has 0 bridgehead atoms. The summed E-state index contributed by atoms with van der Waals surface area (Å²) in [6.45, 7) is 3.36. The molecule has 2 aliphatic rings. The fraction of sp³-hybridized carbons (Fsp3) is 0.579. The van der Waals surface area contributed by atoms with Crippen LogP contribution in [0.25, 0.3) is 0 Å². The Labute approximate surface area is 149 Å². The van der Waals surface area contributed by atoms with Gasteiger partial charge in [-0.2, -0.15) is 0 Å². The number of likely N-dealkylation sites (N-methyl/N-ethyl adjacent to an activating group) is 1. The standard InChI is InChI=1S/C19H27N3O3/c1-21-12-13-22(15-19(21)9-7-17(23)20-11-10-19)18(24)8-14-25-16-5-3-2-4-6-16/h2-6H,7-15H2,1H3,(H,20,23)/t19-/m1/s1. The lowest BCUT2D eigenvalue weighted by Crippen LogP contribution is -2.62. The van der Waals surface area contributed by atoms with E-state index in [1.807, 2.05) is 35.2 Å². The summed E-state index contributed by atoms with van der Waals surface area (Å²) in [6.07, 6.45) is 2.61. The molecule has 2 heterocycles. The number of hydrogen-bond donors (Lipinski definition) is 1. The van der Waals surface area contributed by atoms with Gasteiger partial charge in [0.05, 0.1) is 13.0 Å². The molecular formula is C19H27N3O3. The molecule has 3 rings (SSSR count). The van der Waals surface area contributed by atoms with E-state index < -0.39 is 0 Å². The molecule has 1 atom stereocenters. The van der Waals surface area contributed by atoms with Gasteiger partial charge < -0.3 is 15.0 Å². The second-order valence-electron chi connectivity index (χ2n) is 6.97. The number of carbonyl (C=O) groups is 2. The first kappa shape index (κ1) is 17.7. The number of carbonyl (C=O) groups excluding carboxylic acids is 2. The molecule has 0 unspecified atom stereocenters. The van der Waals surface area contributed by atoms with E-state index in [9.17, 15) is 9.59 Å². The molecular weight excluding hydrogens is 318 g/mol. The van der Waals surface area contributed by atoms with Crippen molar-refractivity contribution in [2.24, 2.45) is 0 Å². The van der Waals surface area contributed by atoms with Crippen molar-refractivity contribution in [3.05, 3.63) is 30.3 Å². The maximum absolute atomic E-state index is 12.6. The summed E-state index contributed by atoms with van der Waals surface area (Å²) in [4.78, 5) is 28.6. The van der Waals surface area contributed by atoms with Crippen LogP contribution in [0.4, 0.5) is 0 Å². The van der Waals surface area contributed by atoms with Crippen molar-refractivity contribution in [3.8, 4) is 5.75 Å². The number of rotatable bonds is 4. The highest BCUT2D eigenvalue weighted by Crippen LogP contribution is 2.30. The van der Waals surface area contributed by atoms with Crippen LogP contribution in [0.5, 0.6) is 5.75 Å². The highest BCUT2D eigenvalue weighted by atomic mass is 16.5. The van der Waals surface area contributed by atoms with Crippen molar-refractivity contribution >= 4 is 11.8 Å². The van der Waals surface area contributed by atoms with Gasteiger partial charge >= 0.3 is 0 Å². The molecule has 1 N–H and O–H groups in total. The second kappa shape index (κ2) is 7.87. The summed E-state index contributed by atoms with van der Waals surface area (Å²) in [5.41, 5.74) is -0.0899. The number of piperazine rings is 1. The Morgan fingerprint density at radius 3 is 2.84 bits per heavy atom. The minimum Gasteiger partial charge on any atom is -0.493 e. The summed E-state index contributed by atoms with van der Waals surface area (Å²) >= 11 is 0. The van der Waals surface area contributed by atoms with Gasteiger partial charge in [-0.05, 0) is 32.0 Å². The van der Waals surface area contributed by atoms with E-state index in [-0.39, 0.29) is 17.4 Å². The molecule has 136 valence electrons. The monoisotopic (exact) mass is 345 g/mol. The van der Waals surface area contributed by atoms with Gasteiger partial charge in [-0.15, -0.1) is 0 Å². The van der Waals surface area contributed by atoms with Gasteiger partial charge in [0.25, 0.3) is 0 Å². The normalized spacial score (nSPS) is 24.7. The van der Waals surface area contributed by atoms with Gasteiger partial charge in [-0.25, -0.2) is 0 Å². The molecule has 25 heavy (non-hydrogen) atoms. The molecule has 6 heteroatoms. The lowest BCUT2D eigenvalue weighted by molar-refractivity contribution is -0.137. The first-order valence-electron chi connectivity index (χ1n) is 9.03. The Morgan fingerprint density at radius 1 is 1.24 bits per heavy atom. The molecule has 1 aromatic rings. The van der Waals surface area contributed by atoms with Crippen molar-refractivity contribution < 1.29 is 14.3 Å². The quantitative estimate of drug-likeness (QED) is 0.893. The summed E-state index contributed by atoms with van der Waals surface area (Å²) < 4.78 is 5.65. The predicted molar refractivity (Wildman–Crippen MR) is 95.4 cm³/mol. The average Bonchev–Trinajstić information content (AvgIpc) is 2.81. The molecule has 0 radical (unpaired) electrons. The van der Waals surface area contributed by atoms with Crippen molar-refractivity contribution in [1.29, 1.82) is 0 Å². The number of para-hydroxylation sites is 1. The summed E-state index contributed by atoms with van der Waals surface area (Å²) in [6, 6.07) is 9.56. The minimum atomic E-state index is -0.0899. The zero-order chi connectivity index (χ0) is 17.7. The molecule has 6 nitrogen and oxygen atoms in total. The average molecular weight is 345 g/mol. The fourth-order valence-corrected chi connectivity index (χ4v) is 3.74. The molecule has 1 aromatic carbocycles. The summed E-state index contributed by atoms with van der Waals surface area (Å²) in [5.74, 6) is 1.04. The van der Waals surface area contributed by atoms with Crippen LogP contribution in [0.15, 0.2) is 30.3 Å². The number of hydrogen-bond acceptors (Lipinski definition) is 4. The maximum atomic E-state index is 12.6. The number of nitrogens with zero attached hydrogens (tertiary/aromatic N) is 2. The summed E-state index contributed by atoms with van der Waals surface area (Å²) in [5, 5.41) is 2.94. The highest BCUT2D eigenvalue weighted by molar-refractivity contribution is 5.77.